The summed E-state index contributed by atoms with van der Waals surface area (Å²) in [5.41, 5.74) is 20.9. The summed E-state index contributed by atoms with van der Waals surface area (Å²) in [5.74, 6) is 0. The highest BCUT2D eigenvalue weighted by molar-refractivity contribution is 5.58. The number of allylic oxidation sites excluding steroid dienone is 3. The van der Waals surface area contributed by atoms with Crippen LogP contribution in [0.25, 0.3) is 0 Å². The van der Waals surface area contributed by atoms with E-state index in [0.29, 0.717) is 0 Å². The Balaban J connectivity index is 1.81. The average molecular weight is 405 g/mol. The highest BCUT2D eigenvalue weighted by Gasteiger charge is 2.34. The first kappa shape index (κ1) is 22.3. The molecule has 0 amide bonds. The van der Waals surface area contributed by atoms with Crippen LogP contribution >= 0.6 is 0 Å². The standard InChI is InChI=1S/C26H36N4/c1-19(2)8-7-9-20(3)16-17-29-24-11-6-5-10-23(24)25(27)30(26(29)28)18-22-14-12-21(4)13-15-22/h5-6,8,10-16,25-26H,7,9,17-18,27-28H2,1-4H3. The van der Waals surface area contributed by atoms with Gasteiger partial charge in [0, 0.05) is 24.3 Å². The summed E-state index contributed by atoms with van der Waals surface area (Å²) in [6, 6.07) is 17.0. The third kappa shape index (κ3) is 5.39. The molecule has 0 fully saturated rings. The second kappa shape index (κ2) is 10.1. The molecule has 160 valence electrons. The first-order valence-electron chi connectivity index (χ1n) is 10.8. The molecule has 1 aliphatic rings. The molecule has 4 nitrogen and oxygen atoms in total. The number of aryl methyl sites for hydroxylation is 1. The molecule has 0 radical (unpaired) electrons. The second-order valence-corrected chi connectivity index (χ2v) is 8.60. The number of benzene rings is 2. The Hall–Kier alpha value is -2.40. The Labute approximate surface area is 181 Å². The summed E-state index contributed by atoms with van der Waals surface area (Å²) in [4.78, 5) is 4.44. The third-order valence-electron chi connectivity index (χ3n) is 5.79. The van der Waals surface area contributed by atoms with Crippen LogP contribution in [0.2, 0.25) is 0 Å². The molecule has 30 heavy (non-hydrogen) atoms. The monoisotopic (exact) mass is 404 g/mol. The third-order valence-corrected chi connectivity index (χ3v) is 5.79. The van der Waals surface area contributed by atoms with Crippen molar-refractivity contribution in [3.63, 3.8) is 0 Å². The summed E-state index contributed by atoms with van der Waals surface area (Å²) in [7, 11) is 0. The maximum absolute atomic E-state index is 6.77. The van der Waals surface area contributed by atoms with Gasteiger partial charge in [-0.3, -0.25) is 5.73 Å². The van der Waals surface area contributed by atoms with Crippen LogP contribution in [0.15, 0.2) is 71.8 Å². The van der Waals surface area contributed by atoms with E-state index in [1.54, 1.807) is 0 Å². The van der Waals surface area contributed by atoms with Gasteiger partial charge in [-0.2, -0.15) is 0 Å². The molecule has 0 spiro atoms. The van der Waals surface area contributed by atoms with Crippen molar-refractivity contribution in [2.24, 2.45) is 11.5 Å². The minimum atomic E-state index is -0.280. The number of nitrogens with two attached hydrogens (primary N) is 2. The molecule has 0 saturated carbocycles. The summed E-state index contributed by atoms with van der Waals surface area (Å²) < 4.78 is 0. The zero-order valence-electron chi connectivity index (χ0n) is 18.8. The van der Waals surface area contributed by atoms with E-state index in [0.717, 1.165) is 37.2 Å². The fraction of sp³-hybridized carbons (Fsp3) is 0.385. The van der Waals surface area contributed by atoms with Crippen LogP contribution in [0.1, 0.15) is 56.5 Å². The fourth-order valence-electron chi connectivity index (χ4n) is 3.91. The van der Waals surface area contributed by atoms with E-state index in [1.165, 1.54) is 22.3 Å². The Morgan fingerprint density at radius 3 is 2.37 bits per heavy atom. The minimum Gasteiger partial charge on any atom is -0.339 e. The summed E-state index contributed by atoms with van der Waals surface area (Å²) in [6.07, 6.45) is 6.24. The highest BCUT2D eigenvalue weighted by Crippen LogP contribution is 2.35. The topological polar surface area (TPSA) is 58.5 Å². The molecular formula is C26H36N4. The van der Waals surface area contributed by atoms with E-state index >= 15 is 0 Å². The molecule has 2 unspecified atom stereocenters. The van der Waals surface area contributed by atoms with Crippen LogP contribution in [0, 0.1) is 6.92 Å². The quantitative estimate of drug-likeness (QED) is 0.622. The summed E-state index contributed by atoms with van der Waals surface area (Å²) in [6.45, 7) is 10.1. The van der Waals surface area contributed by atoms with Gasteiger partial charge in [0.25, 0.3) is 0 Å². The van der Waals surface area contributed by atoms with Crippen molar-refractivity contribution >= 4 is 5.69 Å². The van der Waals surface area contributed by atoms with Crippen LogP contribution in [-0.2, 0) is 6.54 Å². The van der Waals surface area contributed by atoms with Crippen molar-refractivity contribution in [3.05, 3.63) is 88.5 Å². The van der Waals surface area contributed by atoms with E-state index in [2.05, 4.69) is 98.2 Å². The Morgan fingerprint density at radius 2 is 1.67 bits per heavy atom. The molecule has 2 atom stereocenters. The summed E-state index contributed by atoms with van der Waals surface area (Å²) >= 11 is 0. The number of nitrogens with zero attached hydrogens (tertiary/aromatic N) is 2. The van der Waals surface area contributed by atoms with E-state index < -0.39 is 0 Å². The fourth-order valence-corrected chi connectivity index (χ4v) is 3.91. The predicted octanol–water partition coefficient (Wildman–Crippen LogP) is 5.21. The molecular weight excluding hydrogens is 368 g/mol. The SMILES string of the molecule is CC(C)=CCCC(C)=CCN1c2ccccc2C(N)N(Cc2ccc(C)cc2)C1N. The first-order valence-corrected chi connectivity index (χ1v) is 10.8. The molecule has 0 saturated heterocycles. The number of anilines is 1. The highest BCUT2D eigenvalue weighted by atomic mass is 15.5. The average Bonchev–Trinajstić information content (AvgIpc) is 2.72. The first-order chi connectivity index (χ1) is 14.4. The zero-order valence-corrected chi connectivity index (χ0v) is 18.8. The van der Waals surface area contributed by atoms with Crippen molar-refractivity contribution in [2.75, 3.05) is 11.4 Å². The molecule has 4 N–H and O–H groups in total. The van der Waals surface area contributed by atoms with Gasteiger partial charge in [-0.05, 0) is 52.2 Å². The minimum absolute atomic E-state index is 0.225. The van der Waals surface area contributed by atoms with E-state index in [4.69, 9.17) is 11.5 Å². The van der Waals surface area contributed by atoms with Gasteiger partial charge in [0.2, 0.25) is 0 Å². The second-order valence-electron chi connectivity index (χ2n) is 8.60. The zero-order chi connectivity index (χ0) is 21.7. The van der Waals surface area contributed by atoms with Gasteiger partial charge in [-0.1, -0.05) is 71.3 Å². The predicted molar refractivity (Wildman–Crippen MR) is 128 cm³/mol. The Bertz CT molecular complexity index is 894. The maximum Gasteiger partial charge on any atom is 0.136 e. The molecule has 0 bridgehead atoms. The molecule has 1 aliphatic heterocycles. The summed E-state index contributed by atoms with van der Waals surface area (Å²) in [5, 5.41) is 0. The normalized spacial score (nSPS) is 19.5. The lowest BCUT2D eigenvalue weighted by molar-refractivity contribution is 0.115. The van der Waals surface area contributed by atoms with E-state index in [9.17, 15) is 0 Å². The van der Waals surface area contributed by atoms with Gasteiger partial charge in [-0.15, -0.1) is 0 Å². The van der Waals surface area contributed by atoms with Gasteiger partial charge >= 0.3 is 0 Å². The molecule has 2 aromatic carbocycles. The number of para-hydroxylation sites is 1. The molecule has 4 heteroatoms. The van der Waals surface area contributed by atoms with Crippen LogP contribution in [0.4, 0.5) is 5.69 Å². The molecule has 0 aliphatic carbocycles. The van der Waals surface area contributed by atoms with Gasteiger partial charge < -0.3 is 10.6 Å². The van der Waals surface area contributed by atoms with Gasteiger partial charge in [0.05, 0.1) is 6.17 Å². The van der Waals surface area contributed by atoms with Gasteiger partial charge in [0.1, 0.15) is 6.29 Å². The lowest BCUT2D eigenvalue weighted by Crippen LogP contribution is -2.60. The van der Waals surface area contributed by atoms with Crippen molar-refractivity contribution in [3.8, 4) is 0 Å². The smallest absolute Gasteiger partial charge is 0.136 e. The van der Waals surface area contributed by atoms with Crippen LogP contribution in [0.5, 0.6) is 0 Å². The van der Waals surface area contributed by atoms with Gasteiger partial charge in [0.15, 0.2) is 0 Å². The molecule has 1 heterocycles. The van der Waals surface area contributed by atoms with Crippen molar-refractivity contribution in [2.45, 2.75) is 59.5 Å². The van der Waals surface area contributed by atoms with Crippen LogP contribution in [-0.4, -0.2) is 17.7 Å². The Morgan fingerprint density at radius 1 is 0.967 bits per heavy atom. The lowest BCUT2D eigenvalue weighted by Gasteiger charge is -2.47. The molecule has 2 aromatic rings. The lowest BCUT2D eigenvalue weighted by atomic mass is 10.0. The van der Waals surface area contributed by atoms with Crippen molar-refractivity contribution < 1.29 is 0 Å². The van der Waals surface area contributed by atoms with Gasteiger partial charge in [-0.25, -0.2) is 4.90 Å². The van der Waals surface area contributed by atoms with E-state index in [1.807, 2.05) is 0 Å². The maximum atomic E-state index is 6.77. The van der Waals surface area contributed by atoms with Crippen molar-refractivity contribution in [1.82, 2.24) is 4.90 Å². The van der Waals surface area contributed by atoms with E-state index in [-0.39, 0.29) is 12.5 Å². The Kier molecular flexibility index (Phi) is 7.48. The largest absolute Gasteiger partial charge is 0.339 e. The van der Waals surface area contributed by atoms with Crippen LogP contribution < -0.4 is 16.4 Å². The van der Waals surface area contributed by atoms with Crippen molar-refractivity contribution in [1.29, 1.82) is 0 Å². The molecule has 3 rings (SSSR count). The van der Waals surface area contributed by atoms with Crippen LogP contribution in [0.3, 0.4) is 0 Å². The molecule has 0 aromatic heterocycles. The number of rotatable bonds is 7. The number of fused-ring (bicyclic) bond motifs is 1. The number of hydrogen-bond donors (Lipinski definition) is 2. The number of hydrogen-bond acceptors (Lipinski definition) is 4.